The highest BCUT2D eigenvalue weighted by molar-refractivity contribution is 7.98. The van der Waals surface area contributed by atoms with E-state index < -0.39 is 10.0 Å². The van der Waals surface area contributed by atoms with Gasteiger partial charge in [-0.15, -0.1) is 5.10 Å². The minimum atomic E-state index is -3.55. The first kappa shape index (κ1) is 22.8. The number of ether oxygens (including phenoxy) is 1. The zero-order valence-corrected chi connectivity index (χ0v) is 20.5. The summed E-state index contributed by atoms with van der Waals surface area (Å²) in [7, 11) is -3.55. The van der Waals surface area contributed by atoms with E-state index in [0.717, 1.165) is 41.2 Å². The maximum absolute atomic E-state index is 13.0. The lowest BCUT2D eigenvalue weighted by atomic mass is 10.0. The number of imidazole rings is 1. The normalized spacial score (nSPS) is 18.5. The summed E-state index contributed by atoms with van der Waals surface area (Å²) in [6.45, 7) is 4.44. The van der Waals surface area contributed by atoms with E-state index in [1.54, 1.807) is 23.9 Å². The van der Waals surface area contributed by atoms with Crippen molar-refractivity contribution in [3.63, 3.8) is 0 Å². The van der Waals surface area contributed by atoms with Crippen molar-refractivity contribution < 1.29 is 13.2 Å². The summed E-state index contributed by atoms with van der Waals surface area (Å²) in [5, 5.41) is 8.20. The Balaban J connectivity index is 1.32. The van der Waals surface area contributed by atoms with Gasteiger partial charge >= 0.3 is 0 Å². The van der Waals surface area contributed by atoms with E-state index in [1.807, 2.05) is 6.07 Å². The average molecular weight is 491 g/mol. The number of aromatic amines is 1. The number of sulfonamides is 1. The molecule has 0 unspecified atom stereocenters. The number of aromatic nitrogens is 5. The third kappa shape index (κ3) is 4.82. The minimum absolute atomic E-state index is 0.280. The van der Waals surface area contributed by atoms with Crippen molar-refractivity contribution in [2.75, 3.05) is 26.3 Å². The van der Waals surface area contributed by atoms with Gasteiger partial charge in [0.15, 0.2) is 0 Å². The fourth-order valence-corrected chi connectivity index (χ4v) is 6.96. The van der Waals surface area contributed by atoms with E-state index in [1.165, 1.54) is 30.0 Å². The molecule has 33 heavy (non-hydrogen) atoms. The number of nitrogens with zero attached hydrogens (tertiary/aromatic N) is 5. The lowest BCUT2D eigenvalue weighted by Crippen LogP contribution is -2.40. The number of morpholine rings is 1. The number of hydrogen-bond acceptors (Lipinski definition) is 7. The molecule has 0 radical (unpaired) electrons. The average Bonchev–Trinajstić information content (AvgIpc) is 3.58. The fraction of sp³-hybridized carbons (Fsp3) is 0.591. The second kappa shape index (κ2) is 9.73. The zero-order chi connectivity index (χ0) is 22.8. The van der Waals surface area contributed by atoms with Crippen LogP contribution in [0.1, 0.15) is 44.3 Å². The summed E-state index contributed by atoms with van der Waals surface area (Å²) >= 11 is 1.55. The summed E-state index contributed by atoms with van der Waals surface area (Å²) in [4.78, 5) is 9.72. The van der Waals surface area contributed by atoms with E-state index in [4.69, 9.17) is 9.72 Å². The van der Waals surface area contributed by atoms with E-state index in [-0.39, 0.29) is 4.90 Å². The third-order valence-corrected chi connectivity index (χ3v) is 9.26. The van der Waals surface area contributed by atoms with Crippen molar-refractivity contribution in [3.8, 4) is 0 Å². The standard InChI is InChI=1S/C22H30N6O3S2/c1-2-28-19-8-7-17(33(29,30)27-9-11-31-12-10-27)14-18(19)23-21(28)15-32-22-24-20(25-26-22)13-16-5-3-4-6-16/h7-8,14,16H,2-6,9-13,15H2,1H3,(H,24,25,26). The van der Waals surface area contributed by atoms with Crippen molar-refractivity contribution in [2.45, 2.75) is 61.4 Å². The molecular weight excluding hydrogens is 460 g/mol. The van der Waals surface area contributed by atoms with E-state index >= 15 is 0 Å². The summed E-state index contributed by atoms with van der Waals surface area (Å²) in [5.41, 5.74) is 1.63. The van der Waals surface area contributed by atoms with Crippen LogP contribution in [0.5, 0.6) is 0 Å². The minimum Gasteiger partial charge on any atom is -0.379 e. The van der Waals surface area contributed by atoms with Gasteiger partial charge in [0.1, 0.15) is 11.6 Å². The molecule has 1 saturated carbocycles. The van der Waals surface area contributed by atoms with Gasteiger partial charge in [0.2, 0.25) is 15.2 Å². The van der Waals surface area contributed by atoms with Crippen LogP contribution in [0.4, 0.5) is 0 Å². The predicted octanol–water partition coefficient (Wildman–Crippen LogP) is 3.22. The van der Waals surface area contributed by atoms with Gasteiger partial charge < -0.3 is 9.30 Å². The molecule has 5 rings (SSSR count). The number of rotatable bonds is 8. The Morgan fingerprint density at radius 1 is 1.18 bits per heavy atom. The van der Waals surface area contributed by atoms with Gasteiger partial charge in [-0.25, -0.2) is 18.4 Å². The summed E-state index contributed by atoms with van der Waals surface area (Å²) < 4.78 is 35.0. The predicted molar refractivity (Wildman–Crippen MR) is 127 cm³/mol. The molecule has 3 aromatic rings. The van der Waals surface area contributed by atoms with Crippen molar-refractivity contribution in [1.29, 1.82) is 0 Å². The van der Waals surface area contributed by atoms with Crippen LogP contribution in [0.25, 0.3) is 11.0 Å². The zero-order valence-electron chi connectivity index (χ0n) is 18.9. The van der Waals surface area contributed by atoms with Crippen LogP contribution >= 0.6 is 11.8 Å². The van der Waals surface area contributed by atoms with Gasteiger partial charge in [-0.05, 0) is 31.0 Å². The highest BCUT2D eigenvalue weighted by atomic mass is 32.2. The molecule has 3 heterocycles. The number of H-pyrrole nitrogens is 1. The monoisotopic (exact) mass is 490 g/mol. The largest absolute Gasteiger partial charge is 0.379 e. The van der Waals surface area contributed by atoms with Crippen molar-refractivity contribution in [2.24, 2.45) is 5.92 Å². The molecule has 0 amide bonds. The summed E-state index contributed by atoms with van der Waals surface area (Å²) in [6, 6.07) is 5.23. The molecule has 0 atom stereocenters. The SMILES string of the molecule is CCn1c(CSc2n[nH]c(CC3CCCC3)n2)nc2cc(S(=O)(=O)N3CCOCC3)ccc21. The second-order valence-electron chi connectivity index (χ2n) is 8.65. The Morgan fingerprint density at radius 2 is 1.97 bits per heavy atom. The Hall–Kier alpha value is -1.95. The molecule has 0 bridgehead atoms. The molecule has 1 saturated heterocycles. The maximum atomic E-state index is 13.0. The Kier molecular flexibility index (Phi) is 6.73. The van der Waals surface area contributed by atoms with Crippen LogP contribution in [0.2, 0.25) is 0 Å². The Labute approximate surface area is 198 Å². The van der Waals surface area contributed by atoms with Crippen LogP contribution in [-0.4, -0.2) is 63.8 Å². The number of thioether (sulfide) groups is 1. The lowest BCUT2D eigenvalue weighted by Gasteiger charge is -2.26. The van der Waals surface area contributed by atoms with E-state index in [9.17, 15) is 8.42 Å². The highest BCUT2D eigenvalue weighted by Gasteiger charge is 2.27. The number of nitrogens with one attached hydrogen (secondary N) is 1. The molecule has 2 aromatic heterocycles. The molecule has 2 fully saturated rings. The van der Waals surface area contributed by atoms with Crippen LogP contribution < -0.4 is 0 Å². The molecule has 2 aliphatic rings. The Bertz CT molecular complexity index is 1210. The Morgan fingerprint density at radius 3 is 2.73 bits per heavy atom. The van der Waals surface area contributed by atoms with E-state index in [0.29, 0.717) is 37.6 Å². The molecule has 0 spiro atoms. The highest BCUT2D eigenvalue weighted by Crippen LogP contribution is 2.29. The van der Waals surface area contributed by atoms with Gasteiger partial charge in [-0.3, -0.25) is 5.10 Å². The number of aryl methyl sites for hydroxylation is 1. The van der Waals surface area contributed by atoms with Crippen LogP contribution in [0, 0.1) is 5.92 Å². The lowest BCUT2D eigenvalue weighted by molar-refractivity contribution is 0.0730. The van der Waals surface area contributed by atoms with Gasteiger partial charge in [0.05, 0.1) is 34.9 Å². The molecule has 1 aliphatic heterocycles. The molecule has 1 aliphatic carbocycles. The first-order valence-electron chi connectivity index (χ1n) is 11.7. The van der Waals surface area contributed by atoms with Gasteiger partial charge in [0.25, 0.3) is 0 Å². The first-order valence-corrected chi connectivity index (χ1v) is 14.1. The molecule has 178 valence electrons. The second-order valence-corrected chi connectivity index (χ2v) is 11.5. The van der Waals surface area contributed by atoms with Gasteiger partial charge in [-0.2, -0.15) is 4.31 Å². The third-order valence-electron chi connectivity index (χ3n) is 6.52. The van der Waals surface area contributed by atoms with Crippen LogP contribution in [-0.2, 0) is 33.5 Å². The van der Waals surface area contributed by atoms with Gasteiger partial charge in [0, 0.05) is 26.1 Å². The topological polar surface area (TPSA) is 106 Å². The fourth-order valence-electron chi connectivity index (χ4n) is 4.77. The number of hydrogen-bond donors (Lipinski definition) is 1. The van der Waals surface area contributed by atoms with Crippen LogP contribution in [0.15, 0.2) is 28.3 Å². The summed E-state index contributed by atoms with van der Waals surface area (Å²) in [6.07, 6.45) is 6.19. The molecule has 1 aromatic carbocycles. The van der Waals surface area contributed by atoms with Gasteiger partial charge in [-0.1, -0.05) is 37.4 Å². The molecule has 9 nitrogen and oxygen atoms in total. The van der Waals surface area contributed by atoms with Crippen molar-refractivity contribution >= 4 is 32.8 Å². The van der Waals surface area contributed by atoms with E-state index in [2.05, 4.69) is 26.7 Å². The smallest absolute Gasteiger partial charge is 0.243 e. The summed E-state index contributed by atoms with van der Waals surface area (Å²) in [5.74, 6) is 3.20. The maximum Gasteiger partial charge on any atom is 0.243 e. The first-order chi connectivity index (χ1) is 16.0. The van der Waals surface area contributed by atoms with Crippen LogP contribution in [0.3, 0.4) is 0 Å². The number of benzene rings is 1. The van der Waals surface area contributed by atoms with Crippen molar-refractivity contribution in [3.05, 3.63) is 29.8 Å². The molecular formula is C22H30N6O3S2. The number of fused-ring (bicyclic) bond motifs is 1. The van der Waals surface area contributed by atoms with Crippen molar-refractivity contribution in [1.82, 2.24) is 29.0 Å². The molecule has 1 N–H and O–H groups in total. The quantitative estimate of drug-likeness (QED) is 0.483. The molecule has 11 heteroatoms.